The van der Waals surface area contributed by atoms with Crippen LogP contribution in [-0.2, 0) is 44.0 Å². The van der Waals surface area contributed by atoms with Crippen molar-refractivity contribution in [2.75, 3.05) is 19.0 Å². The molecule has 8 fully saturated rings. The van der Waals surface area contributed by atoms with E-state index in [4.69, 9.17) is 14.2 Å². The van der Waals surface area contributed by atoms with E-state index in [1.54, 1.807) is 89.6 Å². The molecule has 44 heavy (non-hydrogen) atoms. The van der Waals surface area contributed by atoms with E-state index in [0.29, 0.717) is 0 Å². The molecule has 4 nitrogen and oxygen atoms in total. The van der Waals surface area contributed by atoms with E-state index >= 15 is 0 Å². The van der Waals surface area contributed by atoms with Gasteiger partial charge in [-0.1, -0.05) is 45.0 Å². The zero-order chi connectivity index (χ0) is 30.0. The second-order valence-corrected chi connectivity index (χ2v) is 19.0. The number of nitrogen functional groups attached to an aromatic ring is 1. The minimum atomic E-state index is -2.32. The molecule has 0 spiro atoms. The molecule has 10 rings (SSSR count). The van der Waals surface area contributed by atoms with Crippen LogP contribution < -0.4 is 5.73 Å². The number of hydrogen-bond donors (Lipinski definition) is 1. The minimum absolute atomic E-state index is 0. The first-order chi connectivity index (χ1) is 20.8. The number of benzene rings is 2. The van der Waals surface area contributed by atoms with Gasteiger partial charge in [0.2, 0.25) is 0 Å². The maximum atomic E-state index is 9.15. The molecule has 8 saturated carbocycles. The Hall–Kier alpha value is -0.758. The molecular formula is C37H52NO3PPdS. The van der Waals surface area contributed by atoms with Gasteiger partial charge in [-0.2, -0.15) is 0 Å². The molecule has 0 unspecified atom stereocenters. The van der Waals surface area contributed by atoms with E-state index in [0.717, 1.165) is 69.7 Å². The van der Waals surface area contributed by atoms with Crippen molar-refractivity contribution >= 4 is 24.6 Å². The standard InChI is InChI=1S/C24H39P.C12H10N.CH3O3S.Pd/c1-2-3-4-25(23-11-17-5-18(12-23)7-19(6-17)13-23)24-14-20-8-21(15-24)10-22(9-20)16-24;13-12-9-5-4-8-11(12)10-6-2-1-3-7-10;1-4-5(2)3;/h17-22H,2-16H2,1H3;1-6,8-9H,13H2;1H3;/q;2*-1;+2. The van der Waals surface area contributed by atoms with Crippen LogP contribution >= 0.6 is 7.92 Å². The molecule has 2 aromatic rings. The first-order valence-electron chi connectivity index (χ1n) is 17.0. The van der Waals surface area contributed by atoms with Gasteiger partial charge in [-0.15, -0.1) is 35.9 Å². The second-order valence-electron chi connectivity index (χ2n) is 15.0. The molecule has 8 aliphatic carbocycles. The zero-order valence-corrected chi connectivity index (χ0v) is 29.9. The molecule has 0 radical (unpaired) electrons. The molecule has 2 N–H and O–H groups in total. The molecule has 8 bridgehead atoms. The zero-order valence-electron chi connectivity index (χ0n) is 26.7. The van der Waals surface area contributed by atoms with E-state index in [1.165, 1.54) is 6.42 Å². The van der Waals surface area contributed by atoms with Crippen molar-refractivity contribution < 1.29 is 33.0 Å². The van der Waals surface area contributed by atoms with Crippen LogP contribution in [0.15, 0.2) is 48.5 Å². The average molecular weight is 728 g/mol. The Balaban J connectivity index is 0.000000171. The maximum absolute atomic E-state index is 9.15. The summed E-state index contributed by atoms with van der Waals surface area (Å²) in [5.74, 6) is 6.95. The molecule has 0 aliphatic heterocycles. The Morgan fingerprint density at radius 2 is 1.23 bits per heavy atom. The van der Waals surface area contributed by atoms with E-state index in [1.807, 2.05) is 48.5 Å². The summed E-state index contributed by atoms with van der Waals surface area (Å²) in [5, 5.41) is 1.76. The number of anilines is 1. The Labute approximate surface area is 283 Å². The van der Waals surface area contributed by atoms with Crippen molar-refractivity contribution in [1.82, 2.24) is 0 Å². The van der Waals surface area contributed by atoms with Gasteiger partial charge in [-0.05, 0) is 147 Å². The van der Waals surface area contributed by atoms with E-state index in [9.17, 15) is 0 Å². The Morgan fingerprint density at radius 3 is 1.59 bits per heavy atom. The predicted octanol–water partition coefficient (Wildman–Crippen LogP) is 9.80. The molecule has 0 amide bonds. The first kappa shape index (κ1) is 34.6. The van der Waals surface area contributed by atoms with Gasteiger partial charge in [0.05, 0.1) is 11.0 Å². The van der Waals surface area contributed by atoms with Gasteiger partial charge in [0.15, 0.2) is 0 Å². The Kier molecular flexibility index (Phi) is 11.8. The molecule has 8 aliphatic rings. The molecule has 0 heterocycles. The third kappa shape index (κ3) is 7.52. The van der Waals surface area contributed by atoms with Crippen molar-refractivity contribution in [2.45, 2.75) is 107 Å². The number of unbranched alkanes of at least 4 members (excludes halogenated alkanes) is 1. The van der Waals surface area contributed by atoms with E-state index in [-0.39, 0.29) is 28.3 Å². The summed E-state index contributed by atoms with van der Waals surface area (Å²) in [6, 6.07) is 18.8. The molecular weight excluding hydrogens is 676 g/mol. The van der Waals surface area contributed by atoms with Crippen LogP contribution in [0.3, 0.4) is 0 Å². The van der Waals surface area contributed by atoms with Crippen LogP contribution in [0, 0.1) is 41.6 Å². The van der Waals surface area contributed by atoms with Crippen molar-refractivity contribution in [3.05, 3.63) is 54.6 Å². The van der Waals surface area contributed by atoms with Crippen LogP contribution in [0.1, 0.15) is 96.8 Å². The fraction of sp³-hybridized carbons (Fsp3) is 0.676. The second kappa shape index (κ2) is 15.0. The molecule has 7 heteroatoms. The third-order valence-corrected chi connectivity index (χ3v) is 16.4. The van der Waals surface area contributed by atoms with Crippen LogP contribution in [0.2, 0.25) is 0 Å². The number of para-hydroxylation sites is 1. The summed E-state index contributed by atoms with van der Waals surface area (Å²) in [7, 11) is -0.951. The topological polar surface area (TPSA) is 69.4 Å². The van der Waals surface area contributed by atoms with Gasteiger partial charge < -0.3 is 18.3 Å². The van der Waals surface area contributed by atoms with Crippen molar-refractivity contribution in [3.63, 3.8) is 0 Å². The fourth-order valence-corrected chi connectivity index (χ4v) is 16.8. The number of hydrogen-bond acceptors (Lipinski definition) is 5. The monoisotopic (exact) mass is 727 g/mol. The van der Waals surface area contributed by atoms with E-state index < -0.39 is 11.0 Å². The van der Waals surface area contributed by atoms with Gasteiger partial charge in [-0.25, -0.2) is 0 Å². The van der Waals surface area contributed by atoms with Gasteiger partial charge in [0.25, 0.3) is 0 Å². The van der Waals surface area contributed by atoms with Gasteiger partial charge in [-0.3, -0.25) is 0 Å². The molecule has 0 atom stereocenters. The SMILES string of the molecule is CCCCP(C12CC3CC(CC(C3)C1)C2)C12CC3CC(CC(C3)C1)C2.CO[S-](=O)=O.Nc1ccccc1-c1[c-]cccc1.[Pd+2]. The van der Waals surface area contributed by atoms with E-state index in [2.05, 4.69) is 17.2 Å². The summed E-state index contributed by atoms with van der Waals surface area (Å²) in [6.07, 6.45) is 24.6. The van der Waals surface area contributed by atoms with Gasteiger partial charge in [0, 0.05) is 7.11 Å². The van der Waals surface area contributed by atoms with Crippen molar-refractivity contribution in [2.24, 2.45) is 35.5 Å². The minimum Gasteiger partial charge on any atom is -0.427 e. The largest absolute Gasteiger partial charge is 2.00 e. The van der Waals surface area contributed by atoms with Crippen molar-refractivity contribution in [3.8, 4) is 11.1 Å². The molecule has 244 valence electrons. The number of nitrogens with two attached hydrogens (primary N) is 1. The quantitative estimate of drug-likeness (QED) is 0.101. The summed E-state index contributed by atoms with van der Waals surface area (Å²) in [5.41, 5.74) is 8.72. The predicted molar refractivity (Wildman–Crippen MR) is 179 cm³/mol. The fourth-order valence-electron chi connectivity index (χ4n) is 11.4. The maximum Gasteiger partial charge on any atom is 2.00 e. The third-order valence-electron chi connectivity index (χ3n) is 12.0. The molecule has 0 aromatic heterocycles. The van der Waals surface area contributed by atoms with Crippen LogP contribution in [0.4, 0.5) is 5.69 Å². The van der Waals surface area contributed by atoms with Crippen LogP contribution in [-0.4, -0.2) is 23.6 Å². The summed E-state index contributed by atoms with van der Waals surface area (Å²) < 4.78 is 22.0. The summed E-state index contributed by atoms with van der Waals surface area (Å²) >= 11 is 0. The smallest absolute Gasteiger partial charge is 0.427 e. The van der Waals surface area contributed by atoms with Gasteiger partial charge >= 0.3 is 20.4 Å². The molecule has 2 aromatic carbocycles. The molecule has 0 saturated heterocycles. The van der Waals surface area contributed by atoms with Crippen LogP contribution in [0.25, 0.3) is 11.1 Å². The number of rotatable bonds is 7. The van der Waals surface area contributed by atoms with Crippen LogP contribution in [0.5, 0.6) is 0 Å². The first-order valence-corrected chi connectivity index (χ1v) is 19.6. The summed E-state index contributed by atoms with van der Waals surface area (Å²) in [6.45, 7) is 2.45. The Bertz CT molecular complexity index is 1180. The Morgan fingerprint density at radius 1 is 0.795 bits per heavy atom. The normalized spacial score (nSPS) is 36.1. The van der Waals surface area contributed by atoms with Gasteiger partial charge in [0.1, 0.15) is 0 Å². The van der Waals surface area contributed by atoms with Crippen molar-refractivity contribution in [1.29, 1.82) is 0 Å². The summed E-state index contributed by atoms with van der Waals surface area (Å²) in [4.78, 5) is 0. The average Bonchev–Trinajstić information content (AvgIpc) is 2.97.